The summed E-state index contributed by atoms with van der Waals surface area (Å²) in [6, 6.07) is 0. The Bertz CT molecular complexity index is 249. The fraction of sp³-hybridized carbons (Fsp3) is 1.00. The highest BCUT2D eigenvalue weighted by Crippen LogP contribution is 2.40. The van der Waals surface area contributed by atoms with Crippen LogP contribution in [0.5, 0.6) is 0 Å². The van der Waals surface area contributed by atoms with Crippen LogP contribution in [0.1, 0.15) is 6.42 Å². The van der Waals surface area contributed by atoms with Gasteiger partial charge in [-0.1, -0.05) is 0 Å². The smallest absolute Gasteiger partial charge is 0.330 e. The summed E-state index contributed by atoms with van der Waals surface area (Å²) >= 11 is 0. The Morgan fingerprint density at radius 1 is 1.00 bits per heavy atom. The molecule has 0 aliphatic rings. The number of hydrogen-bond acceptors (Lipinski definition) is 4. The van der Waals surface area contributed by atoms with Crippen molar-refractivity contribution in [2.75, 3.05) is 25.7 Å². The first kappa shape index (κ1) is 15.2. The van der Waals surface area contributed by atoms with E-state index in [-0.39, 0.29) is 6.54 Å². The van der Waals surface area contributed by atoms with E-state index < -0.39 is 27.8 Å². The zero-order chi connectivity index (χ0) is 12.1. The predicted molar refractivity (Wildman–Crippen MR) is 54.2 cm³/mol. The monoisotopic (exact) mass is 262 g/mol. The topological polar surface area (TPSA) is 144 Å². The van der Waals surface area contributed by atoms with Crippen molar-refractivity contribution in [1.29, 1.82) is 0 Å². The van der Waals surface area contributed by atoms with Crippen molar-refractivity contribution in [3.63, 3.8) is 0 Å². The minimum absolute atomic E-state index is 0.146. The van der Waals surface area contributed by atoms with Gasteiger partial charge < -0.3 is 25.3 Å². The van der Waals surface area contributed by atoms with Gasteiger partial charge in [0.25, 0.3) is 0 Å². The molecule has 15 heavy (non-hydrogen) atoms. The summed E-state index contributed by atoms with van der Waals surface area (Å²) in [5, 5.41) is 0. The molecule has 0 rings (SSSR count). The van der Waals surface area contributed by atoms with Gasteiger partial charge in [0.1, 0.15) is 12.6 Å². The van der Waals surface area contributed by atoms with E-state index in [4.69, 9.17) is 25.3 Å². The molecule has 0 aromatic heterocycles. The lowest BCUT2D eigenvalue weighted by Crippen LogP contribution is -2.28. The minimum atomic E-state index is -4.31. The molecule has 0 saturated carbocycles. The molecule has 0 fully saturated rings. The molecule has 0 radical (unpaired) electrons. The van der Waals surface area contributed by atoms with Crippen LogP contribution in [0.4, 0.5) is 0 Å². The molecule has 6 N–H and O–H groups in total. The molecular formula is C5H16N2O6P2. The Balaban J connectivity index is 4.32. The molecule has 0 aromatic rings. The van der Waals surface area contributed by atoms with Crippen molar-refractivity contribution in [2.24, 2.45) is 5.73 Å². The fourth-order valence-corrected chi connectivity index (χ4v) is 2.70. The predicted octanol–water partition coefficient (Wildman–Crippen LogP) is -1.09. The van der Waals surface area contributed by atoms with Gasteiger partial charge in [0.15, 0.2) is 0 Å². The Hall–Kier alpha value is 0.220. The lowest BCUT2D eigenvalue weighted by molar-refractivity contribution is 0.276. The summed E-state index contributed by atoms with van der Waals surface area (Å²) in [5.41, 5.74) is 5.19. The molecule has 0 heterocycles. The Kier molecular flexibility index (Phi) is 6.17. The van der Waals surface area contributed by atoms with Gasteiger partial charge in [-0.05, 0) is 13.0 Å². The quantitative estimate of drug-likeness (QED) is 0.364. The van der Waals surface area contributed by atoms with Gasteiger partial charge in [-0.2, -0.15) is 0 Å². The summed E-state index contributed by atoms with van der Waals surface area (Å²) in [6.07, 6.45) is -0.920. The van der Waals surface area contributed by atoms with Gasteiger partial charge in [-0.25, -0.2) is 0 Å². The molecule has 0 amide bonds. The third kappa shape index (κ3) is 10.5. The van der Waals surface area contributed by atoms with Crippen molar-refractivity contribution < 1.29 is 28.7 Å². The van der Waals surface area contributed by atoms with Gasteiger partial charge >= 0.3 is 15.2 Å². The summed E-state index contributed by atoms with van der Waals surface area (Å²) < 4.78 is 21.3. The largest absolute Gasteiger partial charge is 0.339 e. The molecule has 0 unspecified atom stereocenters. The second-order valence-corrected chi connectivity index (χ2v) is 6.37. The molecule has 0 saturated heterocycles. The fourth-order valence-electron chi connectivity index (χ4n) is 1.02. The third-order valence-corrected chi connectivity index (χ3v) is 2.98. The minimum Gasteiger partial charge on any atom is -0.330 e. The van der Waals surface area contributed by atoms with Crippen molar-refractivity contribution >= 4 is 15.2 Å². The summed E-state index contributed by atoms with van der Waals surface area (Å²) in [4.78, 5) is 35.7. The highest BCUT2D eigenvalue weighted by molar-refractivity contribution is 7.52. The van der Waals surface area contributed by atoms with Crippen LogP contribution in [0.15, 0.2) is 0 Å². The second-order valence-electron chi connectivity index (χ2n) is 3.15. The average Bonchev–Trinajstić information content (AvgIpc) is 1.94. The Morgan fingerprint density at radius 3 is 1.67 bits per heavy atom. The maximum absolute atomic E-state index is 10.7. The zero-order valence-electron chi connectivity index (χ0n) is 8.06. The van der Waals surface area contributed by atoms with Gasteiger partial charge in [-0.3, -0.25) is 14.0 Å². The third-order valence-electron chi connectivity index (χ3n) is 1.45. The van der Waals surface area contributed by atoms with Crippen LogP contribution in [-0.2, 0) is 9.13 Å². The van der Waals surface area contributed by atoms with Crippen LogP contribution in [0.2, 0.25) is 0 Å². The summed E-state index contributed by atoms with van der Waals surface area (Å²) in [6.45, 7) is 0.436. The maximum atomic E-state index is 10.7. The highest BCUT2D eigenvalue weighted by atomic mass is 31.2. The summed E-state index contributed by atoms with van der Waals surface area (Å²) in [5.74, 6) is 0. The van der Waals surface area contributed by atoms with E-state index in [0.717, 1.165) is 4.90 Å². The molecule has 92 valence electrons. The van der Waals surface area contributed by atoms with E-state index >= 15 is 0 Å². The number of nitrogens with two attached hydrogens (primary N) is 1. The molecule has 0 spiro atoms. The van der Waals surface area contributed by atoms with Crippen molar-refractivity contribution in [2.45, 2.75) is 6.42 Å². The molecule has 0 atom stereocenters. The Labute approximate surface area is 87.4 Å². The van der Waals surface area contributed by atoms with E-state index in [0.29, 0.717) is 13.0 Å². The van der Waals surface area contributed by atoms with Crippen molar-refractivity contribution in [1.82, 2.24) is 4.90 Å². The van der Waals surface area contributed by atoms with Gasteiger partial charge in [0, 0.05) is 6.54 Å². The maximum Gasteiger partial charge on any atom is 0.339 e. The van der Waals surface area contributed by atoms with Crippen LogP contribution in [0, 0.1) is 0 Å². The van der Waals surface area contributed by atoms with Crippen molar-refractivity contribution in [3.05, 3.63) is 0 Å². The van der Waals surface area contributed by atoms with E-state index in [2.05, 4.69) is 0 Å². The molecule has 0 aliphatic carbocycles. The summed E-state index contributed by atoms with van der Waals surface area (Å²) in [7, 11) is -8.61. The molecule has 0 aliphatic heterocycles. The Morgan fingerprint density at radius 2 is 1.40 bits per heavy atom. The van der Waals surface area contributed by atoms with E-state index in [9.17, 15) is 9.13 Å². The van der Waals surface area contributed by atoms with Gasteiger partial charge in [0.05, 0.1) is 0 Å². The number of nitrogens with zero attached hydrogens (tertiary/aromatic N) is 1. The molecule has 10 heteroatoms. The highest BCUT2D eigenvalue weighted by Gasteiger charge is 2.25. The molecule has 0 bridgehead atoms. The van der Waals surface area contributed by atoms with Crippen molar-refractivity contribution in [3.8, 4) is 0 Å². The van der Waals surface area contributed by atoms with Crippen LogP contribution in [0.25, 0.3) is 0 Å². The van der Waals surface area contributed by atoms with Crippen LogP contribution in [0.3, 0.4) is 0 Å². The molecule has 8 nitrogen and oxygen atoms in total. The number of hydrogen-bond donors (Lipinski definition) is 5. The van der Waals surface area contributed by atoms with Crippen LogP contribution >= 0.6 is 15.2 Å². The first-order valence-electron chi connectivity index (χ1n) is 4.15. The first-order valence-corrected chi connectivity index (χ1v) is 7.75. The normalized spacial score (nSPS) is 13.5. The molecular weight excluding hydrogens is 246 g/mol. The van der Waals surface area contributed by atoms with E-state index in [1.54, 1.807) is 0 Å². The lowest BCUT2D eigenvalue weighted by atomic mass is 10.4. The van der Waals surface area contributed by atoms with E-state index in [1.807, 2.05) is 0 Å². The van der Waals surface area contributed by atoms with Gasteiger partial charge in [0.2, 0.25) is 0 Å². The van der Waals surface area contributed by atoms with Crippen LogP contribution in [-0.4, -0.2) is 50.1 Å². The first-order chi connectivity index (χ1) is 6.64. The number of rotatable bonds is 7. The second kappa shape index (κ2) is 6.08. The van der Waals surface area contributed by atoms with E-state index in [1.165, 1.54) is 0 Å². The standard InChI is InChI=1S/C5H16N2O6P2/c6-2-1-3-7(4-14(8,9)10)5-15(11,12)13/h1-6H2,(H2,8,9,10)(H2,11,12,13). The zero-order valence-corrected chi connectivity index (χ0v) is 9.85. The van der Waals surface area contributed by atoms with Gasteiger partial charge in [-0.15, -0.1) is 0 Å². The SMILES string of the molecule is NCCCN(CP(=O)(O)O)CP(=O)(O)O. The average molecular weight is 262 g/mol. The lowest BCUT2D eigenvalue weighted by Gasteiger charge is -2.22. The molecule has 0 aromatic carbocycles. The van der Waals surface area contributed by atoms with Crippen LogP contribution < -0.4 is 5.73 Å².